The van der Waals surface area contributed by atoms with Gasteiger partial charge in [-0.25, -0.2) is 13.6 Å². The van der Waals surface area contributed by atoms with Gasteiger partial charge in [0, 0.05) is 5.69 Å². The molecule has 1 aromatic carbocycles. The van der Waals surface area contributed by atoms with E-state index in [2.05, 4.69) is 5.32 Å². The van der Waals surface area contributed by atoms with E-state index in [4.69, 9.17) is 9.88 Å². The topological polar surface area (TPSA) is 136 Å². The number of anilines is 1. The molecule has 9 heteroatoms. The monoisotopic (exact) mass is 340 g/mol. The smallest absolute Gasteiger partial charge is 0.310 e. The summed E-state index contributed by atoms with van der Waals surface area (Å²) in [4.78, 5) is 23.7. The van der Waals surface area contributed by atoms with E-state index < -0.39 is 39.8 Å². The number of primary sulfonamides is 1. The van der Waals surface area contributed by atoms with Gasteiger partial charge in [-0.15, -0.1) is 0 Å². The van der Waals surface area contributed by atoms with Crippen molar-refractivity contribution in [1.82, 2.24) is 0 Å². The number of amides is 1. The summed E-state index contributed by atoms with van der Waals surface area (Å²) in [7, 11) is -3.80. The standard InChI is InChI=1S/C14H16N2O6S/c15-23(20,21)8-3-1-7(2-4-8)16-13(17)11-9-5-6-10(22-9)12(11)14(18)19/h1-4,9-12H,5-6H2,(H,16,17)(H,18,19)(H2,15,20,21)/t9-,10-,11-,12-/m1/s1. The van der Waals surface area contributed by atoms with Crippen LogP contribution in [0.2, 0.25) is 0 Å². The van der Waals surface area contributed by atoms with Gasteiger partial charge in [-0.3, -0.25) is 9.59 Å². The Bertz CT molecular complexity index is 745. The van der Waals surface area contributed by atoms with Crippen LogP contribution in [0.3, 0.4) is 0 Å². The van der Waals surface area contributed by atoms with Crippen molar-refractivity contribution in [3.05, 3.63) is 24.3 Å². The minimum atomic E-state index is -3.80. The van der Waals surface area contributed by atoms with E-state index in [1.807, 2.05) is 0 Å². The van der Waals surface area contributed by atoms with E-state index in [0.29, 0.717) is 18.5 Å². The Morgan fingerprint density at radius 1 is 1.13 bits per heavy atom. The van der Waals surface area contributed by atoms with Gasteiger partial charge in [0.05, 0.1) is 28.9 Å². The van der Waals surface area contributed by atoms with E-state index in [9.17, 15) is 23.1 Å². The summed E-state index contributed by atoms with van der Waals surface area (Å²) in [6.07, 6.45) is 0.508. The summed E-state index contributed by atoms with van der Waals surface area (Å²) in [5.41, 5.74) is 0.370. The lowest BCUT2D eigenvalue weighted by Crippen LogP contribution is -2.40. The number of fused-ring (bicyclic) bond motifs is 2. The molecule has 8 nitrogen and oxygen atoms in total. The number of benzene rings is 1. The Morgan fingerprint density at radius 3 is 2.22 bits per heavy atom. The number of ether oxygens (including phenoxy) is 1. The molecule has 0 unspecified atom stereocenters. The lowest BCUT2D eigenvalue weighted by molar-refractivity contribution is -0.147. The van der Waals surface area contributed by atoms with Crippen LogP contribution in [-0.2, 0) is 24.3 Å². The second-order valence-electron chi connectivity index (χ2n) is 5.74. The van der Waals surface area contributed by atoms with Crippen molar-refractivity contribution in [2.45, 2.75) is 29.9 Å². The first kappa shape index (κ1) is 15.9. The van der Waals surface area contributed by atoms with E-state index in [1.165, 1.54) is 24.3 Å². The van der Waals surface area contributed by atoms with Crippen LogP contribution in [-0.4, -0.2) is 37.6 Å². The number of carbonyl (C=O) groups is 2. The molecule has 2 saturated heterocycles. The summed E-state index contributed by atoms with van der Waals surface area (Å²) >= 11 is 0. The second-order valence-corrected chi connectivity index (χ2v) is 7.30. The highest BCUT2D eigenvalue weighted by Crippen LogP contribution is 2.44. The minimum absolute atomic E-state index is 0.0674. The molecular formula is C14H16N2O6S. The largest absolute Gasteiger partial charge is 0.481 e. The van der Waals surface area contributed by atoms with Crippen LogP contribution in [0.25, 0.3) is 0 Å². The third kappa shape index (κ3) is 2.94. The second kappa shape index (κ2) is 5.59. The van der Waals surface area contributed by atoms with Crippen LogP contribution in [0.1, 0.15) is 12.8 Å². The third-order valence-corrected chi connectivity index (χ3v) is 5.24. The number of carbonyl (C=O) groups excluding carboxylic acids is 1. The molecule has 23 heavy (non-hydrogen) atoms. The maximum Gasteiger partial charge on any atom is 0.310 e. The first-order valence-corrected chi connectivity index (χ1v) is 8.64. The van der Waals surface area contributed by atoms with Gasteiger partial charge in [-0.2, -0.15) is 0 Å². The summed E-state index contributed by atoms with van der Waals surface area (Å²) in [6, 6.07) is 5.36. The molecule has 2 bridgehead atoms. The van der Waals surface area contributed by atoms with Gasteiger partial charge in [0.1, 0.15) is 0 Å². The fourth-order valence-electron chi connectivity index (χ4n) is 3.28. The molecule has 124 valence electrons. The summed E-state index contributed by atoms with van der Waals surface area (Å²) in [5.74, 6) is -3.07. The van der Waals surface area contributed by atoms with Crippen molar-refractivity contribution >= 4 is 27.6 Å². The van der Waals surface area contributed by atoms with E-state index in [0.717, 1.165) is 0 Å². The first-order chi connectivity index (χ1) is 10.8. The number of nitrogens with two attached hydrogens (primary N) is 1. The molecule has 1 amide bonds. The van der Waals surface area contributed by atoms with Crippen molar-refractivity contribution in [3.8, 4) is 0 Å². The number of sulfonamides is 1. The zero-order valence-corrected chi connectivity index (χ0v) is 12.8. The lowest BCUT2D eigenvalue weighted by atomic mass is 9.78. The molecule has 4 N–H and O–H groups in total. The fraction of sp³-hybridized carbons (Fsp3) is 0.429. The van der Waals surface area contributed by atoms with Crippen LogP contribution in [0.5, 0.6) is 0 Å². The molecule has 2 aliphatic heterocycles. The lowest BCUT2D eigenvalue weighted by Gasteiger charge is -2.23. The molecular weight excluding hydrogens is 324 g/mol. The van der Waals surface area contributed by atoms with Crippen LogP contribution < -0.4 is 10.5 Å². The van der Waals surface area contributed by atoms with Gasteiger partial charge in [0.25, 0.3) is 0 Å². The molecule has 0 saturated carbocycles. The van der Waals surface area contributed by atoms with E-state index in [-0.39, 0.29) is 11.0 Å². The summed E-state index contributed by atoms with van der Waals surface area (Å²) in [6.45, 7) is 0. The number of nitrogens with one attached hydrogen (secondary N) is 1. The number of carboxylic acid groups (broad SMARTS) is 1. The van der Waals surface area contributed by atoms with Crippen LogP contribution in [0.4, 0.5) is 5.69 Å². The fourth-order valence-corrected chi connectivity index (χ4v) is 3.79. The maximum atomic E-state index is 12.4. The van der Waals surface area contributed by atoms with Gasteiger partial charge >= 0.3 is 5.97 Å². The van der Waals surface area contributed by atoms with Crippen molar-refractivity contribution in [2.75, 3.05) is 5.32 Å². The van der Waals surface area contributed by atoms with Crippen molar-refractivity contribution < 1.29 is 27.9 Å². The normalized spacial score (nSPS) is 29.4. The Kier molecular flexibility index (Phi) is 3.86. The average Bonchev–Trinajstić information content (AvgIpc) is 3.07. The molecule has 2 aliphatic rings. The molecule has 0 radical (unpaired) electrons. The molecule has 4 atom stereocenters. The Morgan fingerprint density at radius 2 is 1.70 bits per heavy atom. The number of rotatable bonds is 4. The van der Waals surface area contributed by atoms with E-state index in [1.54, 1.807) is 0 Å². The predicted octanol–water partition coefficient (Wildman–Crippen LogP) is 0.151. The number of hydrogen-bond acceptors (Lipinski definition) is 5. The van der Waals surface area contributed by atoms with Crippen LogP contribution in [0, 0.1) is 11.8 Å². The first-order valence-electron chi connectivity index (χ1n) is 7.09. The molecule has 0 spiro atoms. The Labute approximate surface area is 132 Å². The van der Waals surface area contributed by atoms with Gasteiger partial charge in [-0.05, 0) is 37.1 Å². The number of carboxylic acids is 1. The summed E-state index contributed by atoms with van der Waals surface area (Å²) in [5, 5.41) is 16.9. The van der Waals surface area contributed by atoms with Gasteiger partial charge in [0.2, 0.25) is 15.9 Å². The molecule has 3 rings (SSSR count). The predicted molar refractivity (Wildman–Crippen MR) is 79.0 cm³/mol. The minimum Gasteiger partial charge on any atom is -0.481 e. The average molecular weight is 340 g/mol. The van der Waals surface area contributed by atoms with Gasteiger partial charge < -0.3 is 15.2 Å². The number of hydrogen-bond donors (Lipinski definition) is 3. The van der Waals surface area contributed by atoms with E-state index >= 15 is 0 Å². The van der Waals surface area contributed by atoms with Crippen molar-refractivity contribution in [3.63, 3.8) is 0 Å². The Hall–Kier alpha value is -1.97. The molecule has 0 aromatic heterocycles. The highest BCUT2D eigenvalue weighted by molar-refractivity contribution is 7.89. The number of aliphatic carboxylic acids is 1. The van der Waals surface area contributed by atoms with Crippen LogP contribution >= 0.6 is 0 Å². The van der Waals surface area contributed by atoms with Crippen molar-refractivity contribution in [2.24, 2.45) is 17.0 Å². The highest BCUT2D eigenvalue weighted by atomic mass is 32.2. The van der Waals surface area contributed by atoms with Gasteiger partial charge in [0.15, 0.2) is 0 Å². The zero-order valence-electron chi connectivity index (χ0n) is 12.0. The molecule has 1 aromatic rings. The van der Waals surface area contributed by atoms with Crippen LogP contribution in [0.15, 0.2) is 29.2 Å². The molecule has 2 fully saturated rings. The maximum absolute atomic E-state index is 12.4. The van der Waals surface area contributed by atoms with Crippen molar-refractivity contribution in [1.29, 1.82) is 0 Å². The highest BCUT2D eigenvalue weighted by Gasteiger charge is 2.55. The van der Waals surface area contributed by atoms with Gasteiger partial charge in [-0.1, -0.05) is 0 Å². The third-order valence-electron chi connectivity index (χ3n) is 4.31. The molecule has 0 aliphatic carbocycles. The quantitative estimate of drug-likeness (QED) is 0.714. The summed E-state index contributed by atoms with van der Waals surface area (Å²) < 4.78 is 27.9. The Balaban J connectivity index is 1.75. The SMILES string of the molecule is NS(=O)(=O)c1ccc(NC(=O)[C@H]2[C@H](C(=O)O)[C@H]3CC[C@H]2O3)cc1. The molecule has 2 heterocycles. The zero-order chi connectivity index (χ0) is 16.8.